The van der Waals surface area contributed by atoms with Crippen molar-refractivity contribution in [1.82, 2.24) is 0 Å². The molecule has 0 amide bonds. The summed E-state index contributed by atoms with van der Waals surface area (Å²) in [7, 11) is 0. The van der Waals surface area contributed by atoms with Crippen LogP contribution in [-0.4, -0.2) is 11.7 Å². The number of hydrogen-bond donors (Lipinski definition) is 0. The van der Waals surface area contributed by atoms with Crippen molar-refractivity contribution in [3.63, 3.8) is 0 Å². The molecule has 0 bridgehead atoms. The van der Waals surface area contributed by atoms with Crippen molar-refractivity contribution < 1.29 is 22.6 Å². The minimum Gasteiger partial charge on any atom is -0.490 e. The number of benzene rings is 1. The Balaban J connectivity index is 2.29. The third kappa shape index (κ3) is 4.04. The normalized spacial score (nSPS) is 16.3. The second kappa shape index (κ2) is 4.62. The summed E-state index contributed by atoms with van der Waals surface area (Å²) >= 11 is 0. The van der Waals surface area contributed by atoms with Crippen LogP contribution in [0.4, 0.5) is 13.2 Å². The van der Waals surface area contributed by atoms with Crippen molar-refractivity contribution in [3.8, 4) is 11.5 Å². The van der Waals surface area contributed by atoms with Gasteiger partial charge in [-0.05, 0) is 51.8 Å². The van der Waals surface area contributed by atoms with E-state index < -0.39 is 17.3 Å². The van der Waals surface area contributed by atoms with Crippen molar-refractivity contribution in [2.45, 2.75) is 51.5 Å². The van der Waals surface area contributed by atoms with Gasteiger partial charge in [-0.3, -0.25) is 0 Å². The molecule has 5 heteroatoms. The minimum atomic E-state index is -4.44. The Hall–Kier alpha value is -1.39. The van der Waals surface area contributed by atoms with E-state index in [4.69, 9.17) is 9.47 Å². The third-order valence-corrected chi connectivity index (χ3v) is 2.50. The number of halogens is 3. The fraction of sp³-hybridized carbons (Fsp3) is 0.571. The first-order valence-electron chi connectivity index (χ1n) is 6.22. The molecule has 0 N–H and O–H groups in total. The summed E-state index contributed by atoms with van der Waals surface area (Å²) in [5.74, 6) is 0.0826. The summed E-state index contributed by atoms with van der Waals surface area (Å²) in [6.07, 6.45) is -2.88. The number of ether oxygens (including phenoxy) is 2. The van der Waals surface area contributed by atoms with E-state index in [0.717, 1.165) is 18.9 Å². The second-order valence-electron chi connectivity index (χ2n) is 5.69. The molecule has 19 heavy (non-hydrogen) atoms. The van der Waals surface area contributed by atoms with Crippen molar-refractivity contribution in [1.29, 1.82) is 0 Å². The summed E-state index contributed by atoms with van der Waals surface area (Å²) in [4.78, 5) is 0. The number of rotatable bonds is 3. The van der Waals surface area contributed by atoms with E-state index in [-0.39, 0.29) is 17.6 Å². The third-order valence-electron chi connectivity index (χ3n) is 2.50. The van der Waals surface area contributed by atoms with Crippen LogP contribution < -0.4 is 9.47 Å². The molecular formula is C14H17F3O2. The lowest BCUT2D eigenvalue weighted by Gasteiger charge is -2.22. The second-order valence-corrected chi connectivity index (χ2v) is 5.69. The quantitative estimate of drug-likeness (QED) is 0.812. The van der Waals surface area contributed by atoms with E-state index in [0.29, 0.717) is 0 Å². The molecule has 0 atom stereocenters. The predicted octanol–water partition coefficient (Wildman–Crippen LogP) is 4.42. The average Bonchev–Trinajstić information content (AvgIpc) is 3.00. The molecule has 0 unspecified atom stereocenters. The Labute approximate surface area is 110 Å². The summed E-state index contributed by atoms with van der Waals surface area (Å²) in [5.41, 5.74) is -1.32. The van der Waals surface area contributed by atoms with Gasteiger partial charge in [0.05, 0.1) is 6.10 Å². The monoisotopic (exact) mass is 274 g/mol. The SMILES string of the molecule is CC(C)(C)Oc1ccc(OC2CC2)c(C(F)(F)F)c1. The van der Waals surface area contributed by atoms with Crippen LogP contribution in [0.1, 0.15) is 39.2 Å². The van der Waals surface area contributed by atoms with Crippen LogP contribution in [0.5, 0.6) is 11.5 Å². The lowest BCUT2D eigenvalue weighted by Crippen LogP contribution is -2.23. The van der Waals surface area contributed by atoms with Gasteiger partial charge in [-0.15, -0.1) is 0 Å². The molecule has 2 rings (SSSR count). The lowest BCUT2D eigenvalue weighted by atomic mass is 10.1. The topological polar surface area (TPSA) is 18.5 Å². The molecule has 0 aromatic heterocycles. The van der Waals surface area contributed by atoms with Crippen LogP contribution in [0.15, 0.2) is 18.2 Å². The Morgan fingerprint density at radius 1 is 1.11 bits per heavy atom. The van der Waals surface area contributed by atoms with Gasteiger partial charge in [-0.2, -0.15) is 13.2 Å². The van der Waals surface area contributed by atoms with Crippen LogP contribution in [0.25, 0.3) is 0 Å². The fourth-order valence-corrected chi connectivity index (χ4v) is 1.62. The molecule has 1 aliphatic rings. The molecule has 1 aliphatic carbocycles. The van der Waals surface area contributed by atoms with E-state index in [1.54, 1.807) is 20.8 Å². The largest absolute Gasteiger partial charge is 0.490 e. The Morgan fingerprint density at radius 3 is 2.21 bits per heavy atom. The van der Waals surface area contributed by atoms with Crippen LogP contribution >= 0.6 is 0 Å². The van der Waals surface area contributed by atoms with E-state index in [2.05, 4.69) is 0 Å². The molecule has 106 valence electrons. The molecule has 2 nitrogen and oxygen atoms in total. The summed E-state index contributed by atoms with van der Waals surface area (Å²) < 4.78 is 49.7. The van der Waals surface area contributed by atoms with Gasteiger partial charge in [0.15, 0.2) is 0 Å². The zero-order valence-corrected chi connectivity index (χ0v) is 11.2. The van der Waals surface area contributed by atoms with Crippen LogP contribution in [0, 0.1) is 0 Å². The fourth-order valence-electron chi connectivity index (χ4n) is 1.62. The molecule has 0 aliphatic heterocycles. The van der Waals surface area contributed by atoms with E-state index >= 15 is 0 Å². The first-order chi connectivity index (χ1) is 8.65. The lowest BCUT2D eigenvalue weighted by molar-refractivity contribution is -0.139. The van der Waals surface area contributed by atoms with Crippen molar-refractivity contribution >= 4 is 0 Å². The predicted molar refractivity (Wildman–Crippen MR) is 65.5 cm³/mol. The van der Waals surface area contributed by atoms with Gasteiger partial charge in [0.25, 0.3) is 0 Å². The van der Waals surface area contributed by atoms with Gasteiger partial charge < -0.3 is 9.47 Å². The van der Waals surface area contributed by atoms with E-state index in [9.17, 15) is 13.2 Å². The smallest absolute Gasteiger partial charge is 0.420 e. The van der Waals surface area contributed by atoms with E-state index in [1.807, 2.05) is 0 Å². The first-order valence-corrected chi connectivity index (χ1v) is 6.22. The van der Waals surface area contributed by atoms with Crippen molar-refractivity contribution in [2.24, 2.45) is 0 Å². The molecule has 0 radical (unpaired) electrons. The van der Waals surface area contributed by atoms with Crippen LogP contribution in [0.3, 0.4) is 0 Å². The molecule has 0 heterocycles. The molecule has 1 aromatic carbocycles. The molecule has 1 aromatic rings. The molecule has 1 fully saturated rings. The summed E-state index contributed by atoms with van der Waals surface area (Å²) in [5, 5.41) is 0. The Bertz CT molecular complexity index is 457. The van der Waals surface area contributed by atoms with E-state index in [1.165, 1.54) is 12.1 Å². The van der Waals surface area contributed by atoms with Crippen molar-refractivity contribution in [3.05, 3.63) is 23.8 Å². The summed E-state index contributed by atoms with van der Waals surface area (Å²) in [6.45, 7) is 5.36. The van der Waals surface area contributed by atoms with Gasteiger partial charge in [0.1, 0.15) is 22.7 Å². The van der Waals surface area contributed by atoms with Crippen LogP contribution in [-0.2, 0) is 6.18 Å². The van der Waals surface area contributed by atoms with Gasteiger partial charge >= 0.3 is 6.18 Å². The van der Waals surface area contributed by atoms with Gasteiger partial charge in [0, 0.05) is 0 Å². The maximum atomic E-state index is 13.0. The average molecular weight is 274 g/mol. The maximum Gasteiger partial charge on any atom is 0.420 e. The highest BCUT2D eigenvalue weighted by Gasteiger charge is 2.37. The molecule has 1 saturated carbocycles. The first kappa shape index (κ1) is 14.0. The van der Waals surface area contributed by atoms with Gasteiger partial charge in [-0.1, -0.05) is 0 Å². The zero-order chi connectivity index (χ0) is 14.3. The number of hydrogen-bond acceptors (Lipinski definition) is 2. The molecule has 0 saturated heterocycles. The van der Waals surface area contributed by atoms with Crippen LogP contribution in [0.2, 0.25) is 0 Å². The van der Waals surface area contributed by atoms with Gasteiger partial charge in [-0.25, -0.2) is 0 Å². The van der Waals surface area contributed by atoms with Gasteiger partial charge in [0.2, 0.25) is 0 Å². The molecular weight excluding hydrogens is 257 g/mol. The Morgan fingerprint density at radius 2 is 1.74 bits per heavy atom. The highest BCUT2D eigenvalue weighted by Crippen LogP contribution is 2.41. The standard InChI is InChI=1S/C14H17F3O2/c1-13(2,3)19-10-6-7-12(18-9-4-5-9)11(8-10)14(15,16)17/h6-9H,4-5H2,1-3H3. The summed E-state index contributed by atoms with van der Waals surface area (Å²) in [6, 6.07) is 3.85. The number of alkyl halides is 3. The highest BCUT2D eigenvalue weighted by molar-refractivity contribution is 5.42. The zero-order valence-electron chi connectivity index (χ0n) is 11.2. The maximum absolute atomic E-state index is 13.0. The van der Waals surface area contributed by atoms with Crippen molar-refractivity contribution in [2.75, 3.05) is 0 Å². The molecule has 0 spiro atoms. The minimum absolute atomic E-state index is 0.0736. The highest BCUT2D eigenvalue weighted by atomic mass is 19.4. The Kier molecular flexibility index (Phi) is 3.41.